The minimum Gasteiger partial charge on any atom is -0.444 e. The Hall–Kier alpha value is -0.770. The Bertz CT molecular complexity index is 272. The number of carbonyl (C=O) groups is 1. The summed E-state index contributed by atoms with van der Waals surface area (Å²) in [7, 11) is 0. The molecule has 2 aliphatic rings. The fraction of sp³-hybridized carbons (Fsp3) is 0.923. The fourth-order valence-electron chi connectivity index (χ4n) is 2.98. The van der Waals surface area contributed by atoms with E-state index in [2.05, 4.69) is 10.6 Å². The Morgan fingerprint density at radius 2 is 2.00 bits per heavy atom. The van der Waals surface area contributed by atoms with Crippen LogP contribution < -0.4 is 10.6 Å². The third-order valence-electron chi connectivity index (χ3n) is 3.66. The van der Waals surface area contributed by atoms with E-state index in [-0.39, 0.29) is 6.09 Å². The number of hydrogen-bond acceptors (Lipinski definition) is 3. The van der Waals surface area contributed by atoms with Gasteiger partial charge in [0.05, 0.1) is 0 Å². The highest BCUT2D eigenvalue weighted by Crippen LogP contribution is 2.35. The lowest BCUT2D eigenvalue weighted by Gasteiger charge is -2.25. The van der Waals surface area contributed by atoms with Gasteiger partial charge >= 0.3 is 6.09 Å². The van der Waals surface area contributed by atoms with Gasteiger partial charge in [-0.3, -0.25) is 0 Å². The van der Waals surface area contributed by atoms with E-state index < -0.39 is 5.60 Å². The molecule has 98 valence electrons. The van der Waals surface area contributed by atoms with Crippen molar-refractivity contribution in [3.05, 3.63) is 0 Å². The van der Waals surface area contributed by atoms with Crippen LogP contribution in [0, 0.1) is 11.8 Å². The average molecular weight is 240 g/mol. The van der Waals surface area contributed by atoms with Crippen molar-refractivity contribution in [2.75, 3.05) is 13.1 Å². The van der Waals surface area contributed by atoms with Crippen LogP contribution in [0.25, 0.3) is 0 Å². The molecule has 0 spiro atoms. The van der Waals surface area contributed by atoms with Crippen molar-refractivity contribution in [3.8, 4) is 0 Å². The van der Waals surface area contributed by atoms with E-state index in [0.717, 1.165) is 37.8 Å². The van der Waals surface area contributed by atoms with E-state index in [0.29, 0.717) is 6.04 Å². The van der Waals surface area contributed by atoms with Gasteiger partial charge in [-0.05, 0) is 65.0 Å². The lowest BCUT2D eigenvalue weighted by molar-refractivity contribution is 0.0504. The van der Waals surface area contributed by atoms with Crippen molar-refractivity contribution >= 4 is 6.09 Å². The van der Waals surface area contributed by atoms with E-state index in [1.54, 1.807) is 0 Å². The standard InChI is InChI=1S/C13H24N2O2/c1-13(2,3)17-12(16)15-11-6-9-4-5-14-8-10(9)7-11/h9-11,14H,4-8H2,1-3H3,(H,15,16)/t9-,10-,11?/m0/s1. The second-order valence-corrected chi connectivity index (χ2v) is 6.33. The van der Waals surface area contributed by atoms with Crippen molar-refractivity contribution in [1.82, 2.24) is 10.6 Å². The van der Waals surface area contributed by atoms with Gasteiger partial charge in [-0.1, -0.05) is 0 Å². The molecule has 0 aromatic carbocycles. The first-order valence-electron chi connectivity index (χ1n) is 6.64. The quantitative estimate of drug-likeness (QED) is 0.736. The van der Waals surface area contributed by atoms with Gasteiger partial charge in [-0.25, -0.2) is 4.79 Å². The largest absolute Gasteiger partial charge is 0.444 e. The minimum absolute atomic E-state index is 0.269. The summed E-state index contributed by atoms with van der Waals surface area (Å²) in [6.07, 6.45) is 3.19. The van der Waals surface area contributed by atoms with Crippen LogP contribution in [0.3, 0.4) is 0 Å². The van der Waals surface area contributed by atoms with E-state index in [1.165, 1.54) is 6.42 Å². The van der Waals surface area contributed by atoms with Crippen LogP contribution in [-0.4, -0.2) is 30.8 Å². The highest BCUT2D eigenvalue weighted by Gasteiger charge is 2.36. The summed E-state index contributed by atoms with van der Waals surface area (Å²) in [6, 6.07) is 0.305. The zero-order valence-electron chi connectivity index (χ0n) is 11.1. The molecule has 4 nitrogen and oxygen atoms in total. The second kappa shape index (κ2) is 4.84. The molecular formula is C13H24N2O2. The highest BCUT2D eigenvalue weighted by atomic mass is 16.6. The molecule has 0 bridgehead atoms. The summed E-state index contributed by atoms with van der Waals surface area (Å²) in [5, 5.41) is 6.43. The third-order valence-corrected chi connectivity index (χ3v) is 3.66. The monoisotopic (exact) mass is 240 g/mol. The Morgan fingerprint density at radius 3 is 2.65 bits per heavy atom. The number of ether oxygens (including phenoxy) is 1. The fourth-order valence-corrected chi connectivity index (χ4v) is 2.98. The molecule has 0 aromatic heterocycles. The van der Waals surface area contributed by atoms with E-state index >= 15 is 0 Å². The normalized spacial score (nSPS) is 33.0. The van der Waals surface area contributed by atoms with E-state index in [1.807, 2.05) is 20.8 Å². The molecule has 0 radical (unpaired) electrons. The maximum Gasteiger partial charge on any atom is 0.407 e. The molecule has 1 saturated carbocycles. The molecule has 17 heavy (non-hydrogen) atoms. The molecule has 1 heterocycles. The number of amides is 1. The first kappa shape index (κ1) is 12.7. The van der Waals surface area contributed by atoms with Gasteiger partial charge < -0.3 is 15.4 Å². The van der Waals surface area contributed by atoms with Crippen LogP contribution >= 0.6 is 0 Å². The maximum absolute atomic E-state index is 11.7. The number of hydrogen-bond donors (Lipinski definition) is 2. The van der Waals surface area contributed by atoms with Crippen LogP contribution in [0.15, 0.2) is 0 Å². The van der Waals surface area contributed by atoms with Crippen molar-refractivity contribution in [2.45, 2.75) is 51.7 Å². The lowest BCUT2D eigenvalue weighted by atomic mass is 9.90. The summed E-state index contributed by atoms with van der Waals surface area (Å²) >= 11 is 0. The van der Waals surface area contributed by atoms with Crippen molar-refractivity contribution in [1.29, 1.82) is 0 Å². The van der Waals surface area contributed by atoms with Crippen LogP contribution in [0.1, 0.15) is 40.0 Å². The van der Waals surface area contributed by atoms with Crippen molar-refractivity contribution < 1.29 is 9.53 Å². The molecule has 1 aliphatic heterocycles. The molecule has 4 heteroatoms. The SMILES string of the molecule is CC(C)(C)OC(=O)NC1C[C@H]2CNCC[C@H]2C1. The predicted octanol–water partition coefficient (Wildman–Crippen LogP) is 1.90. The van der Waals surface area contributed by atoms with Crippen molar-refractivity contribution in [2.24, 2.45) is 11.8 Å². The van der Waals surface area contributed by atoms with Gasteiger partial charge in [0.2, 0.25) is 0 Å². The van der Waals surface area contributed by atoms with Gasteiger partial charge in [0.15, 0.2) is 0 Å². The number of fused-ring (bicyclic) bond motifs is 1. The molecule has 1 amide bonds. The zero-order valence-corrected chi connectivity index (χ0v) is 11.1. The van der Waals surface area contributed by atoms with E-state index in [9.17, 15) is 4.79 Å². The molecule has 2 N–H and O–H groups in total. The molecule has 3 atom stereocenters. The summed E-state index contributed by atoms with van der Waals surface area (Å²) in [6.45, 7) is 7.91. The van der Waals surface area contributed by atoms with Gasteiger partial charge in [-0.2, -0.15) is 0 Å². The van der Waals surface area contributed by atoms with Crippen LogP contribution in [0.5, 0.6) is 0 Å². The Kier molecular flexibility index (Phi) is 3.61. The number of carbonyl (C=O) groups excluding carboxylic acids is 1. The maximum atomic E-state index is 11.7. The molecular weight excluding hydrogens is 216 g/mol. The van der Waals surface area contributed by atoms with Crippen LogP contribution in [0.2, 0.25) is 0 Å². The average Bonchev–Trinajstić information content (AvgIpc) is 2.55. The van der Waals surface area contributed by atoms with Crippen molar-refractivity contribution in [3.63, 3.8) is 0 Å². The smallest absolute Gasteiger partial charge is 0.407 e. The molecule has 2 rings (SSSR count). The summed E-state index contributed by atoms with van der Waals surface area (Å²) in [5.74, 6) is 1.53. The number of rotatable bonds is 1. The van der Waals surface area contributed by atoms with Gasteiger partial charge in [0, 0.05) is 6.04 Å². The topological polar surface area (TPSA) is 50.4 Å². The summed E-state index contributed by atoms with van der Waals surface area (Å²) in [5.41, 5.74) is -0.406. The summed E-state index contributed by atoms with van der Waals surface area (Å²) in [4.78, 5) is 11.7. The Balaban J connectivity index is 1.79. The number of alkyl carbamates (subject to hydrolysis) is 1. The molecule has 0 aromatic rings. The first-order chi connectivity index (χ1) is 7.94. The zero-order chi connectivity index (χ0) is 12.5. The lowest BCUT2D eigenvalue weighted by Crippen LogP contribution is -2.38. The second-order valence-electron chi connectivity index (χ2n) is 6.33. The van der Waals surface area contributed by atoms with E-state index in [4.69, 9.17) is 4.74 Å². The predicted molar refractivity (Wildman–Crippen MR) is 66.9 cm³/mol. The third kappa shape index (κ3) is 3.60. The molecule has 2 fully saturated rings. The Morgan fingerprint density at radius 1 is 1.29 bits per heavy atom. The molecule has 1 unspecified atom stereocenters. The molecule has 1 aliphatic carbocycles. The first-order valence-corrected chi connectivity index (χ1v) is 6.64. The van der Waals surface area contributed by atoms with Gasteiger partial charge in [0.25, 0.3) is 0 Å². The van der Waals surface area contributed by atoms with Gasteiger partial charge in [0.1, 0.15) is 5.60 Å². The van der Waals surface area contributed by atoms with Gasteiger partial charge in [-0.15, -0.1) is 0 Å². The minimum atomic E-state index is -0.406. The highest BCUT2D eigenvalue weighted by molar-refractivity contribution is 5.68. The number of nitrogens with one attached hydrogen (secondary N) is 2. The van der Waals surface area contributed by atoms with Crippen LogP contribution in [-0.2, 0) is 4.74 Å². The number of piperidine rings is 1. The Labute approximate surface area is 103 Å². The summed E-state index contributed by atoms with van der Waals surface area (Å²) < 4.78 is 5.29. The molecule has 1 saturated heterocycles. The van der Waals surface area contributed by atoms with Crippen LogP contribution in [0.4, 0.5) is 4.79 Å².